The van der Waals surface area contributed by atoms with Gasteiger partial charge in [0.25, 0.3) is 5.56 Å². The summed E-state index contributed by atoms with van der Waals surface area (Å²) < 4.78 is 66.9. The van der Waals surface area contributed by atoms with Gasteiger partial charge < -0.3 is 55.1 Å². The fraction of sp³-hybridized carbons (Fsp3) is 0.410. The van der Waals surface area contributed by atoms with Crippen molar-refractivity contribution in [1.82, 2.24) is 19.9 Å². The Balaban J connectivity index is 1.27. The number of carbonyl (C=O) groups is 3. The molecule has 5 rings (SSSR count). The maximum Gasteiger partial charge on any atom is 0.490 e. The number of nitrogen functional groups attached to an aromatic ring is 1. The third-order valence-corrected chi connectivity index (χ3v) is 16.4. The van der Waals surface area contributed by atoms with Crippen molar-refractivity contribution in [3.8, 4) is 11.8 Å². The van der Waals surface area contributed by atoms with Crippen LogP contribution in [-0.4, -0.2) is 96.2 Å². The number of ether oxygens (including phenoxy) is 3. The van der Waals surface area contributed by atoms with Gasteiger partial charge in [-0.05, 0) is 48.6 Å². The molecule has 0 radical (unpaired) electrons. The number of hydrogen-bond acceptors (Lipinski definition) is 19. The van der Waals surface area contributed by atoms with E-state index in [-0.39, 0.29) is 70.8 Å². The van der Waals surface area contributed by atoms with Gasteiger partial charge in [0.1, 0.15) is 18.4 Å². The molecule has 1 aliphatic heterocycles. The summed E-state index contributed by atoms with van der Waals surface area (Å²) in [6.07, 6.45) is -2.18. The molecule has 1 saturated heterocycles. The molecule has 0 bridgehead atoms. The molecule has 378 valence electrons. The van der Waals surface area contributed by atoms with E-state index in [1.165, 1.54) is 35.9 Å². The number of anilines is 1. The lowest BCUT2D eigenvalue weighted by atomic mass is 10.0. The molecule has 1 aliphatic rings. The van der Waals surface area contributed by atoms with Crippen LogP contribution in [0.2, 0.25) is 0 Å². The lowest BCUT2D eigenvalue weighted by Crippen LogP contribution is -2.31. The first kappa shape index (κ1) is 55.9. The lowest BCUT2D eigenvalue weighted by molar-refractivity contribution is -0.121. The zero-order chi connectivity index (χ0) is 51.2. The van der Waals surface area contributed by atoms with Crippen molar-refractivity contribution >= 4 is 79.9 Å². The summed E-state index contributed by atoms with van der Waals surface area (Å²) in [6, 6.07) is 12.4. The van der Waals surface area contributed by atoms with Crippen LogP contribution in [-0.2, 0) is 45.8 Å². The summed E-state index contributed by atoms with van der Waals surface area (Å²) in [4.78, 5) is 99.5. The van der Waals surface area contributed by atoms with Crippen molar-refractivity contribution in [2.24, 2.45) is 10.8 Å². The summed E-state index contributed by atoms with van der Waals surface area (Å²) in [5.74, 6) is 4.25. The van der Waals surface area contributed by atoms with Crippen molar-refractivity contribution in [2.45, 2.75) is 69.3 Å². The summed E-state index contributed by atoms with van der Waals surface area (Å²) in [6.45, 7) is 2.97. The SMILES string of the molecule is CC(N=[N+]=[N-])c1ccccc1C(=O)OC1C[C@H](n2cc(C#CCNC(=O)CCCCOC(=O)c3ccccc3C(C)SSCCN)c3c(=O)[nH]c(N)nc32)O[C@@H]1COP(=O)(O)OP(=O)(O)OP(=O)(O)O. The Morgan fingerprint density at radius 1 is 1.04 bits per heavy atom. The van der Waals surface area contributed by atoms with Gasteiger partial charge in [0, 0.05) is 41.5 Å². The third kappa shape index (κ3) is 16.3. The largest absolute Gasteiger partial charge is 0.490 e. The Kier molecular flexibility index (Phi) is 20.3. The number of aromatic nitrogens is 3. The molecule has 7 atom stereocenters. The first-order chi connectivity index (χ1) is 33.1. The Morgan fingerprint density at radius 3 is 2.41 bits per heavy atom. The summed E-state index contributed by atoms with van der Waals surface area (Å²) in [5.41, 5.74) is 21.3. The zero-order valence-corrected chi connectivity index (χ0v) is 41.4. The smallest absolute Gasteiger partial charge is 0.462 e. The summed E-state index contributed by atoms with van der Waals surface area (Å²) >= 11 is 0. The Morgan fingerprint density at radius 2 is 1.73 bits per heavy atom. The monoisotopic (exact) mass is 1070 g/mol. The number of phosphoric acid groups is 3. The van der Waals surface area contributed by atoms with Crippen molar-refractivity contribution in [3.63, 3.8) is 0 Å². The molecule has 0 saturated carbocycles. The van der Waals surface area contributed by atoms with Crippen LogP contribution in [0.5, 0.6) is 0 Å². The highest BCUT2D eigenvalue weighted by atomic mass is 33.1. The number of phosphoric ester groups is 1. The zero-order valence-electron chi connectivity index (χ0n) is 37.1. The summed E-state index contributed by atoms with van der Waals surface area (Å²) in [5, 5.41) is 6.24. The molecule has 0 aliphatic carbocycles. The lowest BCUT2D eigenvalue weighted by Gasteiger charge is -2.21. The number of nitrogens with zero attached hydrogens (tertiary/aromatic N) is 5. The maximum absolute atomic E-state index is 13.7. The van der Waals surface area contributed by atoms with Gasteiger partial charge in [-0.2, -0.15) is 13.6 Å². The van der Waals surface area contributed by atoms with Gasteiger partial charge in [-0.15, -0.1) is 0 Å². The van der Waals surface area contributed by atoms with Gasteiger partial charge in [-0.3, -0.25) is 19.1 Å². The molecular formula is C39H48N9O17P3S2. The average molecular weight is 1070 g/mol. The van der Waals surface area contributed by atoms with E-state index in [4.69, 9.17) is 45.5 Å². The van der Waals surface area contributed by atoms with Gasteiger partial charge in [-0.1, -0.05) is 81.9 Å². The number of aromatic amines is 1. The number of fused-ring (bicyclic) bond motifs is 1. The fourth-order valence-corrected chi connectivity index (χ4v) is 12.0. The molecule has 2 aromatic carbocycles. The molecule has 26 nitrogen and oxygen atoms in total. The van der Waals surface area contributed by atoms with Crippen molar-refractivity contribution in [2.75, 3.05) is 37.8 Å². The first-order valence-corrected chi connectivity index (χ1v) is 27.7. The normalized spacial score (nSPS) is 18.3. The number of carbonyl (C=O) groups excluding carboxylic acids is 3. The van der Waals surface area contributed by atoms with Crippen molar-refractivity contribution in [1.29, 1.82) is 0 Å². The van der Waals surface area contributed by atoms with E-state index in [0.29, 0.717) is 24.9 Å². The first-order valence-electron chi connectivity index (χ1n) is 20.8. The Hall–Kier alpha value is -5.03. The molecule has 2 aromatic heterocycles. The minimum absolute atomic E-state index is 0.0244. The van der Waals surface area contributed by atoms with Gasteiger partial charge in [-0.25, -0.2) is 23.3 Å². The number of H-pyrrole nitrogens is 1. The van der Waals surface area contributed by atoms with Crippen LogP contribution in [0.15, 0.2) is 64.6 Å². The van der Waals surface area contributed by atoms with Gasteiger partial charge in [0.05, 0.1) is 47.9 Å². The number of hydrogen-bond donors (Lipinski definition) is 8. The van der Waals surface area contributed by atoms with E-state index in [1.54, 1.807) is 39.8 Å². The second-order valence-electron chi connectivity index (χ2n) is 14.9. The molecule has 0 spiro atoms. The van der Waals surface area contributed by atoms with Crippen LogP contribution in [0.25, 0.3) is 21.5 Å². The highest BCUT2D eigenvalue weighted by Gasteiger charge is 2.45. The predicted molar refractivity (Wildman–Crippen MR) is 254 cm³/mol. The summed E-state index contributed by atoms with van der Waals surface area (Å²) in [7, 11) is -14.1. The van der Waals surface area contributed by atoms with Crippen LogP contribution in [0, 0.1) is 11.8 Å². The van der Waals surface area contributed by atoms with Gasteiger partial charge in [0.2, 0.25) is 11.9 Å². The van der Waals surface area contributed by atoms with Gasteiger partial charge in [0.15, 0.2) is 5.65 Å². The fourth-order valence-electron chi connectivity index (χ4n) is 6.78. The van der Waals surface area contributed by atoms with E-state index in [2.05, 4.69) is 45.8 Å². The predicted octanol–water partition coefficient (Wildman–Crippen LogP) is 5.43. The van der Waals surface area contributed by atoms with E-state index in [0.717, 1.165) is 11.3 Å². The average Bonchev–Trinajstić information content (AvgIpc) is 3.86. The van der Waals surface area contributed by atoms with E-state index in [9.17, 15) is 42.7 Å². The maximum atomic E-state index is 13.7. The van der Waals surface area contributed by atoms with Gasteiger partial charge >= 0.3 is 35.4 Å². The number of azide groups is 1. The van der Waals surface area contributed by atoms with E-state index >= 15 is 0 Å². The quantitative estimate of drug-likeness (QED) is 0.00633. The highest BCUT2D eigenvalue weighted by molar-refractivity contribution is 8.76. The molecule has 31 heteroatoms. The van der Waals surface area contributed by atoms with Crippen LogP contribution < -0.4 is 22.3 Å². The molecule has 10 N–H and O–H groups in total. The van der Waals surface area contributed by atoms with E-state index in [1.807, 2.05) is 19.1 Å². The Labute approximate surface area is 406 Å². The van der Waals surface area contributed by atoms with Crippen LogP contribution >= 0.6 is 45.1 Å². The minimum atomic E-state index is -5.91. The molecule has 1 fully saturated rings. The molecule has 70 heavy (non-hydrogen) atoms. The number of rotatable bonds is 24. The van der Waals surface area contributed by atoms with Crippen molar-refractivity contribution < 1.29 is 75.0 Å². The molecule has 5 unspecified atom stereocenters. The second-order valence-corrected chi connectivity index (χ2v) is 22.1. The number of esters is 2. The van der Waals surface area contributed by atoms with Crippen molar-refractivity contribution in [3.05, 3.63) is 103 Å². The number of amides is 1. The third-order valence-electron chi connectivity index (χ3n) is 9.78. The Bertz CT molecular complexity index is 2870. The molecule has 1 amide bonds. The van der Waals surface area contributed by atoms with E-state index < -0.39 is 72.1 Å². The number of nitrogens with two attached hydrogens (primary N) is 2. The standard InChI is InChI=1S/C39H48N9O17P3S2/c1-23(46-47-42)26-11-3-5-13-28(26)38(52)63-30-20-33(62-31(30)22-61-67(56,57)65-68(58,59)64-66(53,54)55)48-21-25(34-35(48)44-39(41)45-36(34)50)10-9-17-43-32(49)15-7-8-18-60-37(51)29-14-6-4-12-27(29)24(2)70-69-19-16-40/h3-6,11-14,21,23-24,30-31,33H,7-8,15-20,22,40H2,1-2H3,(H,43,49)(H,56,57)(H,58,59)(H2,53,54,55)(H3,41,44,45,50)/t23?,24?,30?,31-,33-/m1/s1. The number of unbranched alkanes of at least 4 members (excludes halogenated alkanes) is 1. The minimum Gasteiger partial charge on any atom is -0.462 e. The number of benzene rings is 2. The molecule has 3 heterocycles. The van der Waals surface area contributed by atoms with Crippen LogP contribution in [0.1, 0.15) is 94.5 Å². The molecular weight excluding hydrogens is 1020 g/mol. The highest BCUT2D eigenvalue weighted by Crippen LogP contribution is 2.66. The second kappa shape index (κ2) is 25.4. The van der Waals surface area contributed by atoms with Crippen LogP contribution in [0.4, 0.5) is 5.95 Å². The van der Waals surface area contributed by atoms with Crippen LogP contribution in [0.3, 0.4) is 0 Å². The topological polar surface area (TPSA) is 402 Å². The molecule has 4 aromatic rings. The number of nitrogens with one attached hydrogen (secondary N) is 2.